The van der Waals surface area contributed by atoms with Crippen molar-refractivity contribution in [1.29, 1.82) is 5.26 Å². The first kappa shape index (κ1) is 18.9. The zero-order valence-electron chi connectivity index (χ0n) is 12.9. The Morgan fingerprint density at radius 1 is 1.36 bits per heavy atom. The molecule has 1 aliphatic heterocycles. The number of aryl methyl sites for hydroxylation is 1. The van der Waals surface area contributed by atoms with E-state index in [1.165, 1.54) is 0 Å². The van der Waals surface area contributed by atoms with Crippen LogP contribution in [0.5, 0.6) is 0 Å². The van der Waals surface area contributed by atoms with Gasteiger partial charge in [0.25, 0.3) is 0 Å². The lowest BCUT2D eigenvalue weighted by atomic mass is 9.98. The molecule has 0 aliphatic carbocycles. The van der Waals surface area contributed by atoms with Gasteiger partial charge in [0.15, 0.2) is 0 Å². The van der Waals surface area contributed by atoms with E-state index in [-0.39, 0.29) is 12.4 Å². The van der Waals surface area contributed by atoms with Crippen molar-refractivity contribution in [3.8, 4) is 6.07 Å². The number of rotatable bonds is 4. The number of hydrogen-bond acceptors (Lipinski definition) is 4. The minimum absolute atomic E-state index is 0. The molecule has 1 aromatic carbocycles. The minimum Gasteiger partial charge on any atom is -0.319 e. The predicted octanol–water partition coefficient (Wildman–Crippen LogP) is 1.91. The number of nitrogens with zero attached hydrogens (tertiary/aromatic N) is 2. The fourth-order valence-electron chi connectivity index (χ4n) is 2.79. The van der Waals surface area contributed by atoms with Crippen molar-refractivity contribution in [2.24, 2.45) is 5.92 Å². The van der Waals surface area contributed by atoms with Gasteiger partial charge < -0.3 is 5.32 Å². The first-order valence-electron chi connectivity index (χ1n) is 7.14. The van der Waals surface area contributed by atoms with Crippen molar-refractivity contribution in [2.45, 2.75) is 24.7 Å². The predicted molar refractivity (Wildman–Crippen MR) is 88.6 cm³/mol. The summed E-state index contributed by atoms with van der Waals surface area (Å²) < 4.78 is 27.0. The molecule has 1 aliphatic rings. The van der Waals surface area contributed by atoms with Gasteiger partial charge in [0.1, 0.15) is 0 Å². The summed E-state index contributed by atoms with van der Waals surface area (Å²) in [6.45, 7) is 3.80. The molecular formula is C15H22ClN3O2S. The molecule has 2 rings (SSSR count). The third-order valence-electron chi connectivity index (χ3n) is 3.99. The summed E-state index contributed by atoms with van der Waals surface area (Å²) in [7, 11) is -1.53. The Bertz CT molecular complexity index is 647. The van der Waals surface area contributed by atoms with Crippen molar-refractivity contribution < 1.29 is 8.42 Å². The van der Waals surface area contributed by atoms with Gasteiger partial charge >= 0.3 is 0 Å². The topological polar surface area (TPSA) is 73.2 Å². The number of piperidine rings is 1. The average Bonchev–Trinajstić information content (AvgIpc) is 2.47. The van der Waals surface area contributed by atoms with E-state index < -0.39 is 10.0 Å². The van der Waals surface area contributed by atoms with E-state index in [9.17, 15) is 8.42 Å². The van der Waals surface area contributed by atoms with Crippen LogP contribution in [0, 0.1) is 24.2 Å². The van der Waals surface area contributed by atoms with Crippen molar-refractivity contribution in [3.05, 3.63) is 29.3 Å². The highest BCUT2D eigenvalue weighted by Crippen LogP contribution is 2.25. The largest absolute Gasteiger partial charge is 0.319 e. The SMILES string of the molecule is CNCC1CCN(S(=O)(=O)c2ccc(C#N)cc2C)CC1.Cl. The van der Waals surface area contributed by atoms with Gasteiger partial charge in [0.2, 0.25) is 10.0 Å². The van der Waals surface area contributed by atoms with E-state index >= 15 is 0 Å². The molecule has 5 nitrogen and oxygen atoms in total. The molecule has 0 bridgehead atoms. The Morgan fingerprint density at radius 3 is 2.50 bits per heavy atom. The number of nitriles is 1. The Kier molecular flexibility index (Phi) is 6.82. The molecule has 0 saturated carbocycles. The Balaban J connectivity index is 0.00000242. The molecular weight excluding hydrogens is 322 g/mol. The van der Waals surface area contributed by atoms with Crippen molar-refractivity contribution in [3.63, 3.8) is 0 Å². The molecule has 0 atom stereocenters. The van der Waals surface area contributed by atoms with Gasteiger partial charge in [0.05, 0.1) is 16.5 Å². The quantitative estimate of drug-likeness (QED) is 0.906. The molecule has 0 radical (unpaired) electrons. The van der Waals surface area contributed by atoms with Gasteiger partial charge in [-0.25, -0.2) is 8.42 Å². The van der Waals surface area contributed by atoms with Crippen molar-refractivity contribution in [2.75, 3.05) is 26.7 Å². The van der Waals surface area contributed by atoms with Crippen LogP contribution < -0.4 is 5.32 Å². The van der Waals surface area contributed by atoms with Crippen LogP contribution in [0.1, 0.15) is 24.0 Å². The fourth-order valence-corrected chi connectivity index (χ4v) is 4.47. The van der Waals surface area contributed by atoms with E-state index in [1.54, 1.807) is 29.4 Å². The fraction of sp³-hybridized carbons (Fsp3) is 0.533. The zero-order chi connectivity index (χ0) is 15.5. The van der Waals surface area contributed by atoms with E-state index in [0.29, 0.717) is 35.0 Å². The summed E-state index contributed by atoms with van der Waals surface area (Å²) in [5.41, 5.74) is 1.12. The maximum Gasteiger partial charge on any atom is 0.243 e. The second-order valence-corrected chi connectivity index (χ2v) is 7.40. The van der Waals surface area contributed by atoms with Gasteiger partial charge in [-0.15, -0.1) is 12.4 Å². The lowest BCUT2D eigenvalue weighted by Crippen LogP contribution is -2.40. The van der Waals surface area contributed by atoms with Crippen LogP contribution in [-0.4, -0.2) is 39.4 Å². The molecule has 122 valence electrons. The van der Waals surface area contributed by atoms with E-state index in [2.05, 4.69) is 5.32 Å². The highest BCUT2D eigenvalue weighted by Gasteiger charge is 2.30. The van der Waals surface area contributed by atoms with Gasteiger partial charge in [0, 0.05) is 13.1 Å². The van der Waals surface area contributed by atoms with Crippen LogP contribution in [-0.2, 0) is 10.0 Å². The number of benzene rings is 1. The normalized spacial score (nSPS) is 16.8. The molecule has 1 N–H and O–H groups in total. The molecule has 1 aromatic rings. The summed E-state index contributed by atoms with van der Waals surface area (Å²) in [5, 5.41) is 12.0. The van der Waals surface area contributed by atoms with Crippen LogP contribution in [0.15, 0.2) is 23.1 Å². The highest BCUT2D eigenvalue weighted by molar-refractivity contribution is 7.89. The number of sulfonamides is 1. The molecule has 0 spiro atoms. The molecule has 0 unspecified atom stereocenters. The van der Waals surface area contributed by atoms with Crippen LogP contribution in [0.25, 0.3) is 0 Å². The van der Waals surface area contributed by atoms with Crippen LogP contribution in [0.3, 0.4) is 0 Å². The third kappa shape index (κ3) is 3.99. The Hall–Kier alpha value is -1.13. The van der Waals surface area contributed by atoms with E-state index in [1.807, 2.05) is 13.1 Å². The van der Waals surface area contributed by atoms with Crippen molar-refractivity contribution in [1.82, 2.24) is 9.62 Å². The molecule has 1 fully saturated rings. The number of nitrogens with one attached hydrogen (secondary N) is 1. The lowest BCUT2D eigenvalue weighted by Gasteiger charge is -2.31. The summed E-state index contributed by atoms with van der Waals surface area (Å²) in [6.07, 6.45) is 1.77. The second-order valence-electron chi connectivity index (χ2n) is 5.50. The van der Waals surface area contributed by atoms with Gasteiger partial charge in [-0.05, 0) is 63.0 Å². The lowest BCUT2D eigenvalue weighted by molar-refractivity contribution is 0.270. The highest BCUT2D eigenvalue weighted by atomic mass is 35.5. The first-order chi connectivity index (χ1) is 9.98. The summed E-state index contributed by atoms with van der Waals surface area (Å²) >= 11 is 0. The van der Waals surface area contributed by atoms with Gasteiger partial charge in [-0.3, -0.25) is 0 Å². The molecule has 22 heavy (non-hydrogen) atoms. The number of hydrogen-bond donors (Lipinski definition) is 1. The molecule has 7 heteroatoms. The molecule has 0 amide bonds. The monoisotopic (exact) mass is 343 g/mol. The van der Waals surface area contributed by atoms with E-state index in [4.69, 9.17) is 5.26 Å². The molecule has 0 aromatic heterocycles. The Morgan fingerprint density at radius 2 is 2.00 bits per heavy atom. The molecule has 1 saturated heterocycles. The zero-order valence-corrected chi connectivity index (χ0v) is 14.5. The standard InChI is InChI=1S/C15H21N3O2S.ClH/c1-12-9-14(10-16)3-4-15(12)21(19,20)18-7-5-13(6-8-18)11-17-2;/h3-4,9,13,17H,5-8,11H2,1-2H3;1H. The number of halogens is 1. The van der Waals surface area contributed by atoms with Crippen LogP contribution >= 0.6 is 12.4 Å². The van der Waals surface area contributed by atoms with Crippen LogP contribution in [0.4, 0.5) is 0 Å². The van der Waals surface area contributed by atoms with Gasteiger partial charge in [-0.2, -0.15) is 9.57 Å². The third-order valence-corrected chi connectivity index (χ3v) is 6.05. The summed E-state index contributed by atoms with van der Waals surface area (Å²) in [5.74, 6) is 0.545. The maximum atomic E-state index is 12.7. The van der Waals surface area contributed by atoms with Crippen LogP contribution in [0.2, 0.25) is 0 Å². The molecule has 1 heterocycles. The average molecular weight is 344 g/mol. The second kappa shape index (κ2) is 7.93. The Labute approximate surface area is 138 Å². The smallest absolute Gasteiger partial charge is 0.243 e. The van der Waals surface area contributed by atoms with Gasteiger partial charge in [-0.1, -0.05) is 0 Å². The van der Waals surface area contributed by atoms with E-state index in [0.717, 1.165) is 19.4 Å². The minimum atomic E-state index is -3.45. The first-order valence-corrected chi connectivity index (χ1v) is 8.58. The summed E-state index contributed by atoms with van der Waals surface area (Å²) in [6, 6.07) is 6.76. The van der Waals surface area contributed by atoms with Crippen molar-refractivity contribution >= 4 is 22.4 Å². The maximum absolute atomic E-state index is 12.7. The summed E-state index contributed by atoms with van der Waals surface area (Å²) in [4.78, 5) is 0.313.